The normalized spacial score (nSPS) is 23.9. The second-order valence-corrected chi connectivity index (χ2v) is 4.72. The monoisotopic (exact) mass is 245 g/mol. The lowest BCUT2D eigenvalue weighted by Crippen LogP contribution is -2.07. The zero-order chi connectivity index (χ0) is 10.8. The number of nitrogens with two attached hydrogens (primary N) is 1. The minimum atomic E-state index is 0.588. The Morgan fingerprint density at radius 2 is 2.13 bits per heavy atom. The van der Waals surface area contributed by atoms with Crippen LogP contribution in [-0.2, 0) is 0 Å². The van der Waals surface area contributed by atoms with E-state index in [2.05, 4.69) is 0 Å². The van der Waals surface area contributed by atoms with Gasteiger partial charge in [-0.3, -0.25) is 0 Å². The number of rotatable bonds is 4. The number of hydrogen-bond donors (Lipinski definition) is 1. The summed E-state index contributed by atoms with van der Waals surface area (Å²) in [6.07, 6.45) is 1.16. The topological polar surface area (TPSA) is 35.2 Å². The van der Waals surface area contributed by atoms with Crippen LogP contribution in [0.3, 0.4) is 0 Å². The van der Waals surface area contributed by atoms with Crippen molar-refractivity contribution >= 4 is 23.2 Å². The van der Waals surface area contributed by atoms with Crippen LogP contribution in [0.5, 0.6) is 5.75 Å². The van der Waals surface area contributed by atoms with Gasteiger partial charge in [0.15, 0.2) is 0 Å². The fourth-order valence-corrected chi connectivity index (χ4v) is 1.92. The molecule has 1 aliphatic carbocycles. The van der Waals surface area contributed by atoms with Crippen LogP contribution in [0, 0.1) is 11.8 Å². The Bertz CT molecular complexity index is 356. The van der Waals surface area contributed by atoms with Crippen molar-refractivity contribution in [3.8, 4) is 5.75 Å². The molecule has 1 saturated carbocycles. The Morgan fingerprint density at radius 1 is 1.33 bits per heavy atom. The minimum Gasteiger partial charge on any atom is -0.492 e. The summed E-state index contributed by atoms with van der Waals surface area (Å²) in [4.78, 5) is 0. The van der Waals surface area contributed by atoms with Crippen molar-refractivity contribution < 1.29 is 4.74 Å². The average molecular weight is 246 g/mol. The molecule has 0 bridgehead atoms. The molecule has 2 nitrogen and oxygen atoms in total. The van der Waals surface area contributed by atoms with Crippen molar-refractivity contribution in [1.82, 2.24) is 0 Å². The van der Waals surface area contributed by atoms with Gasteiger partial charge in [-0.05, 0) is 36.9 Å². The largest absolute Gasteiger partial charge is 0.492 e. The van der Waals surface area contributed by atoms with E-state index in [-0.39, 0.29) is 0 Å². The number of halogens is 2. The van der Waals surface area contributed by atoms with Gasteiger partial charge in [0, 0.05) is 11.1 Å². The van der Waals surface area contributed by atoms with E-state index in [1.807, 2.05) is 0 Å². The Balaban J connectivity index is 1.91. The van der Waals surface area contributed by atoms with Gasteiger partial charge in [0.2, 0.25) is 0 Å². The first kappa shape index (κ1) is 11.1. The summed E-state index contributed by atoms with van der Waals surface area (Å²) in [7, 11) is 0. The zero-order valence-electron chi connectivity index (χ0n) is 8.25. The average Bonchev–Trinajstić information content (AvgIpc) is 2.98. The van der Waals surface area contributed by atoms with Gasteiger partial charge < -0.3 is 10.5 Å². The highest BCUT2D eigenvalue weighted by Crippen LogP contribution is 2.38. The van der Waals surface area contributed by atoms with Crippen molar-refractivity contribution in [1.29, 1.82) is 0 Å². The summed E-state index contributed by atoms with van der Waals surface area (Å²) in [6.45, 7) is 1.43. The maximum Gasteiger partial charge on any atom is 0.139 e. The first-order chi connectivity index (χ1) is 7.20. The molecule has 82 valence electrons. The zero-order valence-corrected chi connectivity index (χ0v) is 9.76. The molecule has 0 aromatic heterocycles. The summed E-state index contributed by atoms with van der Waals surface area (Å²) < 4.78 is 5.60. The van der Waals surface area contributed by atoms with Gasteiger partial charge in [0.1, 0.15) is 5.75 Å². The first-order valence-corrected chi connectivity index (χ1v) is 5.74. The summed E-state index contributed by atoms with van der Waals surface area (Å²) in [5, 5.41) is 1.24. The highest BCUT2D eigenvalue weighted by Gasteiger charge is 2.36. The minimum absolute atomic E-state index is 0.588. The molecule has 0 amide bonds. The molecule has 1 fully saturated rings. The summed E-state index contributed by atoms with van der Waals surface area (Å²) in [5.41, 5.74) is 5.54. The van der Waals surface area contributed by atoms with Crippen LogP contribution in [0.1, 0.15) is 6.42 Å². The molecule has 0 saturated heterocycles. The summed E-state index contributed by atoms with van der Waals surface area (Å²) >= 11 is 11.8. The van der Waals surface area contributed by atoms with E-state index in [9.17, 15) is 0 Å². The maximum atomic E-state index is 5.96. The highest BCUT2D eigenvalue weighted by molar-refractivity contribution is 6.34. The van der Waals surface area contributed by atoms with Crippen LogP contribution in [0.4, 0.5) is 0 Å². The second-order valence-electron chi connectivity index (χ2n) is 3.88. The smallest absolute Gasteiger partial charge is 0.139 e. The van der Waals surface area contributed by atoms with Crippen LogP contribution in [-0.4, -0.2) is 13.2 Å². The molecule has 15 heavy (non-hydrogen) atoms. The molecule has 1 aromatic carbocycles. The van der Waals surface area contributed by atoms with E-state index in [1.54, 1.807) is 18.2 Å². The Hall–Kier alpha value is -0.440. The standard InChI is InChI=1S/C11H13Cl2NO/c12-9-1-2-10(13)11(4-9)15-6-8-3-7(8)5-14/h1-2,4,7-8H,3,5-6,14H2. The molecular formula is C11H13Cl2NO. The van der Waals surface area contributed by atoms with Crippen molar-refractivity contribution in [3.05, 3.63) is 28.2 Å². The molecule has 2 atom stereocenters. The van der Waals surface area contributed by atoms with Crippen molar-refractivity contribution in [2.45, 2.75) is 6.42 Å². The van der Waals surface area contributed by atoms with Crippen LogP contribution in [0.25, 0.3) is 0 Å². The van der Waals surface area contributed by atoms with Crippen LogP contribution in [0.2, 0.25) is 10.0 Å². The number of benzene rings is 1. The van der Waals surface area contributed by atoms with E-state index in [4.69, 9.17) is 33.7 Å². The molecule has 4 heteroatoms. The molecule has 0 spiro atoms. The van der Waals surface area contributed by atoms with Crippen LogP contribution < -0.4 is 10.5 Å². The third-order valence-corrected chi connectivity index (χ3v) is 3.27. The SMILES string of the molecule is NCC1CC1COc1cc(Cl)ccc1Cl. The molecule has 2 rings (SSSR count). The first-order valence-electron chi connectivity index (χ1n) is 4.98. The Kier molecular flexibility index (Phi) is 3.39. The van der Waals surface area contributed by atoms with Crippen molar-refractivity contribution in [3.63, 3.8) is 0 Å². The molecule has 0 radical (unpaired) electrons. The lowest BCUT2D eigenvalue weighted by Gasteiger charge is -2.07. The maximum absolute atomic E-state index is 5.96. The molecule has 0 aliphatic heterocycles. The molecule has 1 aliphatic rings. The van der Waals surface area contributed by atoms with Crippen molar-refractivity contribution in [2.75, 3.05) is 13.2 Å². The Labute approximate surface area is 99.3 Å². The van der Waals surface area contributed by atoms with E-state index in [1.165, 1.54) is 0 Å². The van der Waals surface area contributed by atoms with E-state index in [0.29, 0.717) is 34.2 Å². The second kappa shape index (κ2) is 4.60. The molecule has 1 aromatic rings. The van der Waals surface area contributed by atoms with E-state index < -0.39 is 0 Å². The predicted octanol–water partition coefficient (Wildman–Crippen LogP) is 2.97. The fraction of sp³-hybridized carbons (Fsp3) is 0.455. The van der Waals surface area contributed by atoms with Crippen LogP contribution >= 0.6 is 23.2 Å². The van der Waals surface area contributed by atoms with Gasteiger partial charge in [-0.15, -0.1) is 0 Å². The predicted molar refractivity (Wildman–Crippen MR) is 62.6 cm³/mol. The van der Waals surface area contributed by atoms with Gasteiger partial charge in [-0.25, -0.2) is 0 Å². The number of ether oxygens (including phenoxy) is 1. The lowest BCUT2D eigenvalue weighted by molar-refractivity contribution is 0.292. The quantitative estimate of drug-likeness (QED) is 0.886. The van der Waals surface area contributed by atoms with E-state index in [0.717, 1.165) is 13.0 Å². The van der Waals surface area contributed by atoms with Gasteiger partial charge in [0.05, 0.1) is 11.6 Å². The molecule has 2 N–H and O–H groups in total. The Morgan fingerprint density at radius 3 is 2.80 bits per heavy atom. The summed E-state index contributed by atoms with van der Waals surface area (Å²) in [5.74, 6) is 1.87. The number of hydrogen-bond acceptors (Lipinski definition) is 2. The summed E-state index contributed by atoms with van der Waals surface area (Å²) in [6, 6.07) is 5.23. The van der Waals surface area contributed by atoms with Gasteiger partial charge in [-0.2, -0.15) is 0 Å². The van der Waals surface area contributed by atoms with Crippen LogP contribution in [0.15, 0.2) is 18.2 Å². The van der Waals surface area contributed by atoms with Gasteiger partial charge in [-0.1, -0.05) is 23.2 Å². The third kappa shape index (κ3) is 2.77. The molecular weight excluding hydrogens is 233 g/mol. The molecule has 2 unspecified atom stereocenters. The lowest BCUT2D eigenvalue weighted by atomic mass is 10.3. The fourth-order valence-electron chi connectivity index (χ4n) is 1.59. The van der Waals surface area contributed by atoms with Gasteiger partial charge >= 0.3 is 0 Å². The van der Waals surface area contributed by atoms with Crippen molar-refractivity contribution in [2.24, 2.45) is 17.6 Å². The molecule has 0 heterocycles. The van der Waals surface area contributed by atoms with Gasteiger partial charge in [0.25, 0.3) is 0 Å². The highest BCUT2D eigenvalue weighted by atomic mass is 35.5. The third-order valence-electron chi connectivity index (χ3n) is 2.72. The van der Waals surface area contributed by atoms with E-state index >= 15 is 0 Å².